The summed E-state index contributed by atoms with van der Waals surface area (Å²) >= 11 is 7.02. The molecular weight excluding hydrogens is 573 g/mol. The summed E-state index contributed by atoms with van der Waals surface area (Å²) in [7, 11) is 0. The van der Waals surface area contributed by atoms with Crippen molar-refractivity contribution in [3.63, 3.8) is 0 Å². The van der Waals surface area contributed by atoms with Gasteiger partial charge in [-0.2, -0.15) is 5.10 Å². The van der Waals surface area contributed by atoms with Crippen molar-refractivity contribution in [2.45, 2.75) is 45.8 Å². The lowest BCUT2D eigenvalue weighted by atomic mass is 9.91. The van der Waals surface area contributed by atoms with Crippen molar-refractivity contribution in [1.82, 2.24) is 19.4 Å². The van der Waals surface area contributed by atoms with E-state index in [2.05, 4.69) is 10.4 Å². The molecule has 11 heteroatoms. The van der Waals surface area contributed by atoms with E-state index < -0.39 is 17.7 Å². The van der Waals surface area contributed by atoms with E-state index in [1.54, 1.807) is 33.7 Å². The monoisotopic (exact) mass is 603 g/mol. The first-order valence-corrected chi connectivity index (χ1v) is 14.3. The van der Waals surface area contributed by atoms with Gasteiger partial charge in [-0.25, -0.2) is 18.4 Å². The standard InChI is InChI=1S/C32H31ClFN5O4/c1-18-16-38-23(14-25(37-38)39-17-20(15-36-39)13-19-5-7-21(34)8-6-19)27(26(18)30(31(40)41)43-32(2,3)4)22-9-10-24-29(28(22)33)35-11-12-42-24/h5-10,14-17,30,35H,11-13H2,1-4H3,(H,40,41). The normalized spacial score (nSPS) is 13.8. The van der Waals surface area contributed by atoms with Crippen LogP contribution in [0.15, 0.2) is 61.1 Å². The van der Waals surface area contributed by atoms with Gasteiger partial charge in [0.15, 0.2) is 11.9 Å². The van der Waals surface area contributed by atoms with Gasteiger partial charge >= 0.3 is 5.97 Å². The molecule has 0 saturated carbocycles. The van der Waals surface area contributed by atoms with Gasteiger partial charge in [0, 0.05) is 48.1 Å². The first-order chi connectivity index (χ1) is 20.5. The van der Waals surface area contributed by atoms with Crippen LogP contribution in [0.2, 0.25) is 5.02 Å². The van der Waals surface area contributed by atoms with Crippen LogP contribution >= 0.6 is 11.6 Å². The number of rotatable bonds is 7. The van der Waals surface area contributed by atoms with Crippen LogP contribution in [0.1, 0.15) is 49.1 Å². The zero-order valence-corrected chi connectivity index (χ0v) is 24.9. The van der Waals surface area contributed by atoms with Crippen molar-refractivity contribution >= 4 is 28.8 Å². The predicted octanol–water partition coefficient (Wildman–Crippen LogP) is 6.62. The predicted molar refractivity (Wildman–Crippen MR) is 162 cm³/mol. The Morgan fingerprint density at radius 2 is 1.95 bits per heavy atom. The number of carboxylic acids is 1. The lowest BCUT2D eigenvalue weighted by Crippen LogP contribution is -2.28. The zero-order chi connectivity index (χ0) is 30.5. The van der Waals surface area contributed by atoms with Crippen molar-refractivity contribution in [3.8, 4) is 22.7 Å². The van der Waals surface area contributed by atoms with Crippen LogP contribution in [0.3, 0.4) is 0 Å². The Hall–Kier alpha value is -4.41. The third-order valence-corrected chi connectivity index (χ3v) is 7.57. The van der Waals surface area contributed by atoms with Gasteiger partial charge in [-0.3, -0.25) is 0 Å². The van der Waals surface area contributed by atoms with Crippen molar-refractivity contribution in [2.24, 2.45) is 0 Å². The largest absolute Gasteiger partial charge is 0.490 e. The smallest absolute Gasteiger partial charge is 0.337 e. The van der Waals surface area contributed by atoms with E-state index in [9.17, 15) is 14.3 Å². The second kappa shape index (κ2) is 11.0. The molecule has 222 valence electrons. The van der Waals surface area contributed by atoms with Gasteiger partial charge in [0.2, 0.25) is 0 Å². The number of pyridine rings is 1. The van der Waals surface area contributed by atoms with Crippen LogP contribution < -0.4 is 10.1 Å². The van der Waals surface area contributed by atoms with Gasteiger partial charge in [0.25, 0.3) is 0 Å². The van der Waals surface area contributed by atoms with Gasteiger partial charge in [-0.05, 0) is 68.7 Å². The quantitative estimate of drug-likeness (QED) is 0.215. The Morgan fingerprint density at radius 1 is 1.19 bits per heavy atom. The number of aromatic nitrogens is 4. The van der Waals surface area contributed by atoms with E-state index in [0.717, 1.165) is 11.1 Å². The Balaban J connectivity index is 1.52. The number of anilines is 1. The van der Waals surface area contributed by atoms with E-state index >= 15 is 0 Å². The van der Waals surface area contributed by atoms with E-state index in [0.29, 0.717) is 69.6 Å². The fourth-order valence-electron chi connectivity index (χ4n) is 5.36. The van der Waals surface area contributed by atoms with E-state index in [1.807, 2.05) is 52.1 Å². The molecule has 3 aromatic heterocycles. The summed E-state index contributed by atoms with van der Waals surface area (Å²) in [6.07, 6.45) is 4.70. The molecule has 0 aliphatic carbocycles. The molecule has 0 amide bonds. The Morgan fingerprint density at radius 3 is 2.67 bits per heavy atom. The molecule has 4 heterocycles. The highest BCUT2D eigenvalue weighted by Crippen LogP contribution is 2.46. The SMILES string of the molecule is Cc1cn2nc(-n3cc(Cc4ccc(F)cc4)cn3)cc2c(-c2ccc3c(c2Cl)NCCO3)c1C(OC(C)(C)C)C(=O)O. The summed E-state index contributed by atoms with van der Waals surface area (Å²) in [5.41, 5.74) is 4.79. The molecule has 1 unspecified atom stereocenters. The minimum absolute atomic E-state index is 0.282. The van der Waals surface area contributed by atoms with Gasteiger partial charge in [0.1, 0.15) is 18.2 Å². The summed E-state index contributed by atoms with van der Waals surface area (Å²) < 4.78 is 28.7. The number of nitrogens with one attached hydrogen (secondary N) is 1. The molecule has 43 heavy (non-hydrogen) atoms. The van der Waals surface area contributed by atoms with E-state index in [4.69, 9.17) is 26.2 Å². The summed E-state index contributed by atoms with van der Waals surface area (Å²) in [5, 5.41) is 23.4. The number of ether oxygens (including phenoxy) is 2. The summed E-state index contributed by atoms with van der Waals surface area (Å²) in [6.45, 7) is 8.41. The molecular formula is C32H31ClFN5O4. The highest BCUT2D eigenvalue weighted by molar-refractivity contribution is 6.36. The lowest BCUT2D eigenvalue weighted by molar-refractivity contribution is -0.160. The first kappa shape index (κ1) is 28.7. The Kier molecular flexibility index (Phi) is 7.35. The van der Waals surface area contributed by atoms with Crippen molar-refractivity contribution < 1.29 is 23.8 Å². The van der Waals surface area contributed by atoms with Gasteiger partial charge in [-0.15, -0.1) is 5.10 Å². The highest BCUT2D eigenvalue weighted by atomic mass is 35.5. The molecule has 1 atom stereocenters. The maximum atomic E-state index is 13.4. The van der Waals surface area contributed by atoms with E-state index in [1.165, 1.54) is 12.1 Å². The first-order valence-electron chi connectivity index (χ1n) is 13.9. The molecule has 2 N–H and O–H groups in total. The molecule has 1 aliphatic heterocycles. The number of halogens is 2. The summed E-state index contributed by atoms with van der Waals surface area (Å²) in [4.78, 5) is 12.7. The highest BCUT2D eigenvalue weighted by Gasteiger charge is 2.33. The maximum Gasteiger partial charge on any atom is 0.337 e. The molecule has 9 nitrogen and oxygen atoms in total. The van der Waals surface area contributed by atoms with Gasteiger partial charge in [-0.1, -0.05) is 23.7 Å². The maximum absolute atomic E-state index is 13.4. The number of aliphatic carboxylic acids is 1. The summed E-state index contributed by atoms with van der Waals surface area (Å²) in [5.74, 6) is -0.237. The number of hydrogen-bond donors (Lipinski definition) is 2. The third kappa shape index (κ3) is 5.68. The second-order valence-electron chi connectivity index (χ2n) is 11.6. The lowest BCUT2D eigenvalue weighted by Gasteiger charge is -2.29. The van der Waals surface area contributed by atoms with Crippen LogP contribution in [0.5, 0.6) is 5.75 Å². The van der Waals surface area contributed by atoms with Crippen molar-refractivity contribution in [1.29, 1.82) is 0 Å². The van der Waals surface area contributed by atoms with Gasteiger partial charge in [0.05, 0.1) is 28.0 Å². The Bertz CT molecular complexity index is 1840. The molecule has 0 spiro atoms. The van der Waals surface area contributed by atoms with Crippen molar-refractivity contribution in [2.75, 3.05) is 18.5 Å². The number of aryl methyl sites for hydroxylation is 1. The second-order valence-corrected chi connectivity index (χ2v) is 11.9. The number of fused-ring (bicyclic) bond motifs is 2. The third-order valence-electron chi connectivity index (χ3n) is 7.17. The zero-order valence-electron chi connectivity index (χ0n) is 24.2. The molecule has 2 aromatic carbocycles. The van der Waals surface area contributed by atoms with Crippen LogP contribution in [0, 0.1) is 12.7 Å². The average molecular weight is 604 g/mol. The van der Waals surface area contributed by atoms with Crippen LogP contribution in [-0.4, -0.2) is 49.2 Å². The molecule has 0 fully saturated rings. The molecule has 0 bridgehead atoms. The summed E-state index contributed by atoms with van der Waals surface area (Å²) in [6, 6.07) is 11.9. The van der Waals surface area contributed by atoms with Gasteiger partial charge < -0.3 is 19.9 Å². The minimum atomic E-state index is -1.28. The van der Waals surface area contributed by atoms with Crippen LogP contribution in [0.4, 0.5) is 10.1 Å². The van der Waals surface area contributed by atoms with Crippen molar-refractivity contribution in [3.05, 3.63) is 94.1 Å². The van der Waals surface area contributed by atoms with Crippen LogP contribution in [-0.2, 0) is 16.0 Å². The van der Waals surface area contributed by atoms with Crippen LogP contribution in [0.25, 0.3) is 22.5 Å². The fourth-order valence-corrected chi connectivity index (χ4v) is 5.68. The van der Waals surface area contributed by atoms with E-state index in [-0.39, 0.29) is 5.82 Å². The molecule has 1 aliphatic rings. The topological polar surface area (TPSA) is 103 Å². The molecule has 5 aromatic rings. The number of carbonyl (C=O) groups is 1. The average Bonchev–Trinajstić information content (AvgIpc) is 3.59. The minimum Gasteiger partial charge on any atom is -0.490 e. The molecule has 0 radical (unpaired) electrons. The molecule has 6 rings (SSSR count). The Labute approximate surface area is 252 Å². The molecule has 0 saturated heterocycles. The number of nitrogens with zero attached hydrogens (tertiary/aromatic N) is 4. The fraction of sp³-hybridized carbons (Fsp3) is 0.281. The number of benzene rings is 2. The number of hydrogen-bond acceptors (Lipinski definition) is 6. The number of carboxylic acid groups (broad SMARTS) is 1.